The molecular formula is C14H15BrN2O2. The predicted molar refractivity (Wildman–Crippen MR) is 77.1 cm³/mol. The highest BCUT2D eigenvalue weighted by molar-refractivity contribution is 9.10. The highest BCUT2D eigenvalue weighted by Crippen LogP contribution is 2.24. The molecule has 0 bridgehead atoms. The lowest BCUT2D eigenvalue weighted by molar-refractivity contribution is -0.147. The third kappa shape index (κ3) is 2.42. The Bertz CT molecular complexity index is 568. The Morgan fingerprint density at radius 3 is 2.47 bits per heavy atom. The van der Waals surface area contributed by atoms with Crippen molar-refractivity contribution >= 4 is 33.8 Å². The summed E-state index contributed by atoms with van der Waals surface area (Å²) >= 11 is 3.43. The molecular weight excluding hydrogens is 308 g/mol. The SMILES string of the molecule is CC1C(=O)N(C)/C(=C\c2ccccc2Br)C(=O)N1C. The number of hydrogen-bond donors (Lipinski definition) is 0. The van der Waals surface area contributed by atoms with Crippen LogP contribution in [0.25, 0.3) is 6.08 Å². The summed E-state index contributed by atoms with van der Waals surface area (Å²) in [5.41, 5.74) is 1.26. The summed E-state index contributed by atoms with van der Waals surface area (Å²) in [7, 11) is 3.28. The molecule has 0 spiro atoms. The van der Waals surface area contributed by atoms with Gasteiger partial charge < -0.3 is 9.80 Å². The van der Waals surface area contributed by atoms with Crippen LogP contribution in [0.4, 0.5) is 0 Å². The Kier molecular flexibility index (Phi) is 3.75. The first-order valence-corrected chi connectivity index (χ1v) is 6.73. The third-order valence-electron chi connectivity index (χ3n) is 3.37. The average Bonchev–Trinajstić information content (AvgIpc) is 2.41. The van der Waals surface area contributed by atoms with Crippen molar-refractivity contribution in [2.24, 2.45) is 0 Å². The van der Waals surface area contributed by atoms with Crippen LogP contribution in [0.3, 0.4) is 0 Å². The Balaban J connectivity index is 2.46. The first-order chi connectivity index (χ1) is 8.93. The van der Waals surface area contributed by atoms with Crippen LogP contribution in [-0.4, -0.2) is 41.8 Å². The molecule has 1 aliphatic heterocycles. The van der Waals surface area contributed by atoms with Crippen LogP contribution in [0.5, 0.6) is 0 Å². The first-order valence-electron chi connectivity index (χ1n) is 5.94. The van der Waals surface area contributed by atoms with Crippen LogP contribution in [-0.2, 0) is 9.59 Å². The number of nitrogens with zero attached hydrogens (tertiary/aromatic N) is 2. The second kappa shape index (κ2) is 5.17. The van der Waals surface area contributed by atoms with Crippen LogP contribution >= 0.6 is 15.9 Å². The van der Waals surface area contributed by atoms with Gasteiger partial charge in [0, 0.05) is 18.6 Å². The van der Waals surface area contributed by atoms with Gasteiger partial charge in [0.2, 0.25) is 5.91 Å². The van der Waals surface area contributed by atoms with Crippen LogP contribution in [0.15, 0.2) is 34.4 Å². The van der Waals surface area contributed by atoms with E-state index in [-0.39, 0.29) is 11.8 Å². The lowest BCUT2D eigenvalue weighted by Gasteiger charge is -2.36. The maximum atomic E-state index is 12.3. The quantitative estimate of drug-likeness (QED) is 0.743. The molecule has 1 fully saturated rings. The fraction of sp³-hybridized carbons (Fsp3) is 0.286. The molecule has 1 atom stereocenters. The van der Waals surface area contributed by atoms with Crippen LogP contribution < -0.4 is 0 Å². The summed E-state index contributed by atoms with van der Waals surface area (Å²) in [5, 5.41) is 0. The summed E-state index contributed by atoms with van der Waals surface area (Å²) in [6, 6.07) is 7.15. The highest BCUT2D eigenvalue weighted by Gasteiger charge is 2.36. The number of carbonyl (C=O) groups excluding carboxylic acids is 2. The van der Waals surface area contributed by atoms with E-state index in [0.29, 0.717) is 5.70 Å². The third-order valence-corrected chi connectivity index (χ3v) is 4.09. The normalized spacial score (nSPS) is 22.3. The number of hydrogen-bond acceptors (Lipinski definition) is 2. The molecule has 0 radical (unpaired) electrons. The van der Waals surface area contributed by atoms with E-state index >= 15 is 0 Å². The minimum absolute atomic E-state index is 0.0830. The maximum absolute atomic E-state index is 12.3. The molecule has 2 amide bonds. The Morgan fingerprint density at radius 1 is 1.21 bits per heavy atom. The van der Waals surface area contributed by atoms with Crippen LogP contribution in [0.1, 0.15) is 12.5 Å². The standard InChI is InChI=1S/C14H15BrN2O2/c1-9-13(18)17(3)12(14(19)16(9)2)8-10-6-4-5-7-11(10)15/h4-9H,1-3H3/b12-8-. The van der Waals surface area contributed by atoms with E-state index < -0.39 is 6.04 Å². The largest absolute Gasteiger partial charge is 0.329 e. The van der Waals surface area contributed by atoms with E-state index in [1.165, 1.54) is 9.80 Å². The van der Waals surface area contributed by atoms with Gasteiger partial charge in [-0.2, -0.15) is 0 Å². The van der Waals surface area contributed by atoms with Gasteiger partial charge in [0.15, 0.2) is 0 Å². The lowest BCUT2D eigenvalue weighted by Crippen LogP contribution is -2.54. The fourth-order valence-electron chi connectivity index (χ4n) is 1.96. The van der Waals surface area contributed by atoms with Crippen molar-refractivity contribution in [2.75, 3.05) is 14.1 Å². The molecule has 1 unspecified atom stereocenters. The molecule has 19 heavy (non-hydrogen) atoms. The molecule has 0 N–H and O–H groups in total. The van der Waals surface area contributed by atoms with Gasteiger partial charge in [-0.25, -0.2) is 0 Å². The molecule has 5 heteroatoms. The van der Waals surface area contributed by atoms with Crippen molar-refractivity contribution in [2.45, 2.75) is 13.0 Å². The summed E-state index contributed by atoms with van der Waals surface area (Å²) in [6.45, 7) is 1.73. The van der Waals surface area contributed by atoms with Gasteiger partial charge in [-0.15, -0.1) is 0 Å². The second-order valence-electron chi connectivity index (χ2n) is 4.54. The highest BCUT2D eigenvalue weighted by atomic mass is 79.9. The van der Waals surface area contributed by atoms with E-state index in [0.717, 1.165) is 10.0 Å². The van der Waals surface area contributed by atoms with E-state index in [4.69, 9.17) is 0 Å². The number of halogens is 1. The van der Waals surface area contributed by atoms with Gasteiger partial charge >= 0.3 is 0 Å². The Hall–Kier alpha value is -1.62. The topological polar surface area (TPSA) is 40.6 Å². The number of piperazine rings is 1. The van der Waals surface area contributed by atoms with Crippen molar-refractivity contribution in [3.8, 4) is 0 Å². The zero-order chi connectivity index (χ0) is 14.2. The molecule has 0 aliphatic carbocycles. The average molecular weight is 323 g/mol. The van der Waals surface area contributed by atoms with E-state index in [2.05, 4.69) is 15.9 Å². The predicted octanol–water partition coefficient (Wildman–Crippen LogP) is 2.11. The number of amides is 2. The van der Waals surface area contributed by atoms with Gasteiger partial charge in [0.05, 0.1) is 0 Å². The lowest BCUT2D eigenvalue weighted by atomic mass is 10.1. The minimum atomic E-state index is -0.422. The monoisotopic (exact) mass is 322 g/mol. The van der Waals surface area contributed by atoms with E-state index in [1.807, 2.05) is 24.3 Å². The fourth-order valence-corrected chi connectivity index (χ4v) is 2.36. The molecule has 1 aliphatic rings. The molecule has 1 aromatic rings. The molecule has 0 saturated carbocycles. The molecule has 0 aromatic heterocycles. The van der Waals surface area contributed by atoms with E-state index in [1.54, 1.807) is 27.1 Å². The van der Waals surface area contributed by atoms with Gasteiger partial charge in [-0.3, -0.25) is 9.59 Å². The van der Waals surface area contributed by atoms with Crippen molar-refractivity contribution in [1.82, 2.24) is 9.80 Å². The molecule has 1 heterocycles. The summed E-state index contributed by atoms with van der Waals surface area (Å²) in [5.74, 6) is -0.231. The molecule has 1 saturated heterocycles. The van der Waals surface area contributed by atoms with Crippen molar-refractivity contribution in [3.63, 3.8) is 0 Å². The van der Waals surface area contributed by atoms with Gasteiger partial charge in [-0.05, 0) is 24.6 Å². The number of likely N-dealkylation sites (N-methyl/N-ethyl adjacent to an activating group) is 2. The minimum Gasteiger partial charge on any atom is -0.329 e. The van der Waals surface area contributed by atoms with Crippen molar-refractivity contribution in [3.05, 3.63) is 40.0 Å². The molecule has 1 aromatic carbocycles. The van der Waals surface area contributed by atoms with Crippen molar-refractivity contribution < 1.29 is 9.59 Å². The number of carbonyl (C=O) groups is 2. The summed E-state index contributed by atoms with van der Waals surface area (Å²) in [4.78, 5) is 27.2. The summed E-state index contributed by atoms with van der Waals surface area (Å²) < 4.78 is 0.887. The zero-order valence-corrected chi connectivity index (χ0v) is 12.6. The number of benzene rings is 1. The summed E-state index contributed by atoms with van der Waals surface area (Å²) in [6.07, 6.45) is 1.73. The van der Waals surface area contributed by atoms with E-state index in [9.17, 15) is 9.59 Å². The Labute approximate surface area is 120 Å². The first kappa shape index (κ1) is 13.8. The molecule has 100 valence electrons. The van der Waals surface area contributed by atoms with Gasteiger partial charge in [0.25, 0.3) is 5.91 Å². The Morgan fingerprint density at radius 2 is 1.84 bits per heavy atom. The smallest absolute Gasteiger partial charge is 0.270 e. The number of rotatable bonds is 1. The second-order valence-corrected chi connectivity index (χ2v) is 5.39. The van der Waals surface area contributed by atoms with Gasteiger partial charge in [-0.1, -0.05) is 34.1 Å². The van der Waals surface area contributed by atoms with Gasteiger partial charge in [0.1, 0.15) is 11.7 Å². The maximum Gasteiger partial charge on any atom is 0.270 e. The zero-order valence-electron chi connectivity index (χ0n) is 11.1. The van der Waals surface area contributed by atoms with Crippen LogP contribution in [0, 0.1) is 0 Å². The van der Waals surface area contributed by atoms with Crippen molar-refractivity contribution in [1.29, 1.82) is 0 Å². The van der Waals surface area contributed by atoms with Crippen LogP contribution in [0.2, 0.25) is 0 Å². The molecule has 2 rings (SSSR count). The molecule has 4 nitrogen and oxygen atoms in total.